The highest BCUT2D eigenvalue weighted by atomic mass is 35.5. The molecular weight excluding hydrogens is 411 g/mol. The molecule has 0 N–H and O–H groups in total. The minimum Gasteiger partial charge on any atom is -0.363 e. The number of nitriles is 1. The van der Waals surface area contributed by atoms with Crippen molar-refractivity contribution in [2.24, 2.45) is 5.92 Å². The van der Waals surface area contributed by atoms with Crippen LogP contribution in [0.5, 0.6) is 0 Å². The molecule has 0 amide bonds. The molecule has 0 saturated carbocycles. The molecule has 1 fully saturated rings. The van der Waals surface area contributed by atoms with Gasteiger partial charge in [-0.1, -0.05) is 43.6 Å². The zero-order chi connectivity index (χ0) is 21.9. The molecule has 2 aromatic carbocycles. The molecule has 30 heavy (non-hydrogen) atoms. The summed E-state index contributed by atoms with van der Waals surface area (Å²) >= 11 is 6.35. The quantitative estimate of drug-likeness (QED) is 0.560. The monoisotopic (exact) mass is 435 g/mol. The van der Waals surface area contributed by atoms with Gasteiger partial charge in [-0.25, -0.2) is 0 Å². The van der Waals surface area contributed by atoms with Gasteiger partial charge in [0, 0.05) is 42.9 Å². The van der Waals surface area contributed by atoms with Crippen molar-refractivity contribution in [2.75, 3.05) is 24.5 Å². The summed E-state index contributed by atoms with van der Waals surface area (Å²) in [5.74, 6) is 0.521. The lowest BCUT2D eigenvalue weighted by molar-refractivity contribution is -0.137. The predicted octanol–water partition coefficient (Wildman–Crippen LogP) is 5.97. The Balaban J connectivity index is 1.98. The maximum Gasteiger partial charge on any atom is 0.417 e. The molecule has 2 aromatic rings. The van der Waals surface area contributed by atoms with E-state index in [1.807, 2.05) is 23.1 Å². The fraction of sp³-hybridized carbons (Fsp3) is 0.435. The van der Waals surface area contributed by atoms with E-state index in [2.05, 4.69) is 18.7 Å². The Morgan fingerprint density at radius 3 is 2.60 bits per heavy atom. The van der Waals surface area contributed by atoms with E-state index in [1.165, 1.54) is 6.07 Å². The molecule has 1 aliphatic rings. The molecule has 1 atom stereocenters. The first-order valence-electron chi connectivity index (χ1n) is 10.0. The van der Waals surface area contributed by atoms with Gasteiger partial charge in [0.25, 0.3) is 0 Å². The normalized spacial score (nSPS) is 17.3. The zero-order valence-electron chi connectivity index (χ0n) is 17.1. The van der Waals surface area contributed by atoms with Crippen molar-refractivity contribution in [3.8, 4) is 6.07 Å². The third-order valence-corrected chi connectivity index (χ3v) is 5.74. The van der Waals surface area contributed by atoms with Gasteiger partial charge in [0.05, 0.1) is 17.2 Å². The summed E-state index contributed by atoms with van der Waals surface area (Å²) in [5.41, 5.74) is 0.0533. The topological polar surface area (TPSA) is 30.3 Å². The summed E-state index contributed by atoms with van der Waals surface area (Å²) in [6, 6.07) is 13.1. The number of alkyl halides is 3. The van der Waals surface area contributed by atoms with Crippen molar-refractivity contribution in [1.29, 1.82) is 5.26 Å². The van der Waals surface area contributed by atoms with Crippen molar-refractivity contribution in [1.82, 2.24) is 4.90 Å². The summed E-state index contributed by atoms with van der Waals surface area (Å²) in [6.45, 7) is 7.37. The number of rotatable bonds is 6. The lowest BCUT2D eigenvalue weighted by Crippen LogP contribution is -2.38. The van der Waals surface area contributed by atoms with Crippen molar-refractivity contribution >= 4 is 17.3 Å². The van der Waals surface area contributed by atoms with Crippen LogP contribution in [0.15, 0.2) is 42.5 Å². The minimum absolute atomic E-state index is 0.0639. The van der Waals surface area contributed by atoms with Crippen LogP contribution in [0.2, 0.25) is 5.02 Å². The first-order valence-corrected chi connectivity index (χ1v) is 10.4. The number of nitrogens with zero attached hydrogens (tertiary/aromatic N) is 3. The highest BCUT2D eigenvalue weighted by Crippen LogP contribution is 2.36. The van der Waals surface area contributed by atoms with Gasteiger partial charge >= 0.3 is 6.18 Å². The second-order valence-corrected chi connectivity index (χ2v) is 8.56. The Kier molecular flexibility index (Phi) is 6.95. The van der Waals surface area contributed by atoms with Crippen molar-refractivity contribution in [2.45, 2.75) is 39.0 Å². The minimum atomic E-state index is -4.59. The van der Waals surface area contributed by atoms with Gasteiger partial charge in [-0.05, 0) is 42.2 Å². The van der Waals surface area contributed by atoms with E-state index in [9.17, 15) is 13.2 Å². The Morgan fingerprint density at radius 1 is 1.23 bits per heavy atom. The van der Waals surface area contributed by atoms with Crippen molar-refractivity contribution < 1.29 is 13.2 Å². The van der Waals surface area contributed by atoms with Crippen molar-refractivity contribution in [3.05, 3.63) is 64.2 Å². The third-order valence-electron chi connectivity index (χ3n) is 5.37. The maximum absolute atomic E-state index is 13.6. The Bertz CT molecular complexity index is 921. The van der Waals surface area contributed by atoms with Gasteiger partial charge < -0.3 is 9.80 Å². The molecule has 3 rings (SSSR count). The van der Waals surface area contributed by atoms with E-state index in [0.29, 0.717) is 23.2 Å². The number of anilines is 1. The number of hydrogen-bond acceptors (Lipinski definition) is 3. The first kappa shape index (κ1) is 22.5. The van der Waals surface area contributed by atoms with Crippen molar-refractivity contribution in [3.63, 3.8) is 0 Å². The zero-order valence-corrected chi connectivity index (χ0v) is 17.8. The van der Waals surface area contributed by atoms with Crippen LogP contribution in [0.4, 0.5) is 18.9 Å². The molecule has 0 bridgehead atoms. The highest BCUT2D eigenvalue weighted by molar-refractivity contribution is 6.31. The lowest BCUT2D eigenvalue weighted by atomic mass is 10.0. The van der Waals surface area contributed by atoms with Crippen LogP contribution in [-0.2, 0) is 12.7 Å². The van der Waals surface area contributed by atoms with Gasteiger partial charge in [-0.3, -0.25) is 0 Å². The van der Waals surface area contributed by atoms with Gasteiger partial charge in [0.1, 0.15) is 0 Å². The molecule has 1 aliphatic heterocycles. The molecular formula is C23H25ClF3N3. The average Bonchev–Trinajstić information content (AvgIpc) is 3.13. The van der Waals surface area contributed by atoms with Gasteiger partial charge in [-0.2, -0.15) is 18.4 Å². The van der Waals surface area contributed by atoms with Crippen LogP contribution in [-0.4, -0.2) is 30.6 Å². The molecule has 0 unspecified atom stereocenters. The van der Waals surface area contributed by atoms with E-state index in [0.717, 1.165) is 37.7 Å². The highest BCUT2D eigenvalue weighted by Gasteiger charge is 2.35. The second kappa shape index (κ2) is 9.28. The van der Waals surface area contributed by atoms with Crippen LogP contribution in [0.1, 0.15) is 37.0 Å². The van der Waals surface area contributed by atoms with Gasteiger partial charge in [-0.15, -0.1) is 0 Å². The molecule has 1 saturated heterocycles. The summed E-state index contributed by atoms with van der Waals surface area (Å²) in [4.78, 5) is 4.35. The number of halogens is 4. The number of hydrogen-bond donors (Lipinski definition) is 0. The SMILES string of the molecule is CC(C)CN1CC[C@H](N(Cc2ccccc2Cl)c2ccc(C#N)c(C(F)(F)F)c2)C1. The molecule has 0 spiro atoms. The fourth-order valence-electron chi connectivity index (χ4n) is 4.03. The molecule has 160 valence electrons. The maximum atomic E-state index is 13.6. The van der Waals surface area contributed by atoms with E-state index in [-0.39, 0.29) is 11.6 Å². The van der Waals surface area contributed by atoms with E-state index >= 15 is 0 Å². The largest absolute Gasteiger partial charge is 0.417 e. The molecule has 0 aromatic heterocycles. The molecule has 3 nitrogen and oxygen atoms in total. The molecule has 0 radical (unpaired) electrons. The summed E-state index contributed by atoms with van der Waals surface area (Å²) in [5, 5.41) is 9.71. The summed E-state index contributed by atoms with van der Waals surface area (Å²) in [7, 11) is 0. The van der Waals surface area contributed by atoms with Gasteiger partial charge in [0.2, 0.25) is 0 Å². The Labute approximate surface area is 180 Å². The fourth-order valence-corrected chi connectivity index (χ4v) is 4.23. The van der Waals surface area contributed by atoms with Crippen LogP contribution >= 0.6 is 11.6 Å². The summed E-state index contributed by atoms with van der Waals surface area (Å²) < 4.78 is 40.7. The summed E-state index contributed by atoms with van der Waals surface area (Å²) in [6.07, 6.45) is -3.73. The Morgan fingerprint density at radius 2 is 1.97 bits per heavy atom. The number of likely N-dealkylation sites (tertiary alicyclic amines) is 1. The lowest BCUT2D eigenvalue weighted by Gasteiger charge is -2.32. The van der Waals surface area contributed by atoms with Crippen LogP contribution in [0.3, 0.4) is 0 Å². The smallest absolute Gasteiger partial charge is 0.363 e. The first-order chi connectivity index (χ1) is 14.2. The molecule has 7 heteroatoms. The second-order valence-electron chi connectivity index (χ2n) is 8.15. The molecule has 0 aliphatic carbocycles. The standard InChI is InChI=1S/C23H25ClF3N3/c1-16(2)13-29-10-9-20(15-29)30(14-18-5-3-4-6-22(18)24)19-8-7-17(12-28)21(11-19)23(25,26)27/h3-8,11,16,20H,9-10,13-15H2,1-2H3/t20-/m0/s1. The van der Waals surface area contributed by atoms with Crippen LogP contribution < -0.4 is 4.90 Å². The van der Waals surface area contributed by atoms with E-state index < -0.39 is 11.7 Å². The third kappa shape index (κ3) is 5.27. The van der Waals surface area contributed by atoms with E-state index in [4.69, 9.17) is 16.9 Å². The average molecular weight is 436 g/mol. The number of benzene rings is 2. The van der Waals surface area contributed by atoms with Gasteiger partial charge in [0.15, 0.2) is 0 Å². The molecule has 1 heterocycles. The van der Waals surface area contributed by atoms with Crippen LogP contribution in [0.25, 0.3) is 0 Å². The Hall–Kier alpha value is -2.23. The van der Waals surface area contributed by atoms with Crippen LogP contribution in [0, 0.1) is 17.2 Å². The van der Waals surface area contributed by atoms with E-state index in [1.54, 1.807) is 18.2 Å². The predicted molar refractivity (Wildman–Crippen MR) is 113 cm³/mol.